The summed E-state index contributed by atoms with van der Waals surface area (Å²) in [6.45, 7) is -3.27. The Morgan fingerprint density at radius 3 is 1.83 bits per heavy atom. The normalized spacial score (nSPS) is 22.9. The minimum atomic E-state index is -3.27. The second-order valence-electron chi connectivity index (χ2n) is 8.43. The Hall–Kier alpha value is -2.04. The fourth-order valence-electron chi connectivity index (χ4n) is 5.23. The molecule has 0 unspecified atom stereocenters. The molecule has 0 bridgehead atoms. The van der Waals surface area contributed by atoms with Gasteiger partial charge in [0.05, 0.1) is 0 Å². The zero-order chi connectivity index (χ0) is 20.4. The fraction of sp³-hybridized carbons (Fsp3) is 0.500. The van der Waals surface area contributed by atoms with Gasteiger partial charge >= 0.3 is 6.61 Å². The maximum Gasteiger partial charge on any atom is 0.387 e. The highest BCUT2D eigenvalue weighted by Gasteiger charge is 2.29. The lowest BCUT2D eigenvalue weighted by atomic mass is 9.73. The van der Waals surface area contributed by atoms with Gasteiger partial charge in [0.2, 0.25) is 0 Å². The zero-order valence-electron chi connectivity index (χ0n) is 16.4. The number of hydrogen-bond acceptors (Lipinski definition) is 1. The van der Waals surface area contributed by atoms with Gasteiger partial charge in [0, 0.05) is 0 Å². The maximum absolute atomic E-state index is 14.0. The first-order chi connectivity index (χ1) is 14.0. The van der Waals surface area contributed by atoms with Crippen LogP contribution in [0.4, 0.5) is 17.6 Å². The average Bonchev–Trinajstić information content (AvgIpc) is 3.26. The summed E-state index contributed by atoms with van der Waals surface area (Å²) >= 11 is 0. The summed E-state index contributed by atoms with van der Waals surface area (Å²) in [5.41, 5.74) is 2.21. The third-order valence-electron chi connectivity index (χ3n) is 6.76. The molecule has 5 heteroatoms. The highest BCUT2D eigenvalue weighted by Crippen LogP contribution is 2.43. The molecule has 2 saturated carbocycles. The van der Waals surface area contributed by atoms with Gasteiger partial charge in [0.25, 0.3) is 0 Å². The molecule has 2 aromatic carbocycles. The van der Waals surface area contributed by atoms with Crippen molar-refractivity contribution in [1.29, 1.82) is 0 Å². The van der Waals surface area contributed by atoms with Gasteiger partial charge in [-0.15, -0.1) is 0 Å². The van der Waals surface area contributed by atoms with E-state index in [1.54, 1.807) is 0 Å². The largest absolute Gasteiger partial charge is 0.429 e. The van der Waals surface area contributed by atoms with Crippen LogP contribution in [0, 0.1) is 23.5 Å². The summed E-state index contributed by atoms with van der Waals surface area (Å²) in [5, 5.41) is 0. The molecular formula is C24H26F4O. The summed E-state index contributed by atoms with van der Waals surface area (Å²) < 4.78 is 56.5. The van der Waals surface area contributed by atoms with Crippen LogP contribution < -0.4 is 4.74 Å². The molecule has 0 radical (unpaired) electrons. The fourth-order valence-corrected chi connectivity index (χ4v) is 5.23. The van der Waals surface area contributed by atoms with Crippen LogP contribution in [0.25, 0.3) is 11.1 Å². The molecule has 0 spiro atoms. The van der Waals surface area contributed by atoms with E-state index in [1.807, 2.05) is 24.3 Å². The highest BCUT2D eigenvalue weighted by molar-refractivity contribution is 5.65. The summed E-state index contributed by atoms with van der Waals surface area (Å²) in [6.07, 6.45) is 10.6. The SMILES string of the molecule is Fc1cc(-c2ccc(C3CCC(C4CCCC4)CC3)cc2)cc(F)c1OC(F)F. The summed E-state index contributed by atoms with van der Waals surface area (Å²) in [5.74, 6) is -0.950. The van der Waals surface area contributed by atoms with E-state index in [1.165, 1.54) is 56.9 Å². The Kier molecular flexibility index (Phi) is 6.12. The van der Waals surface area contributed by atoms with E-state index in [0.717, 1.165) is 24.0 Å². The number of benzene rings is 2. The van der Waals surface area contributed by atoms with Crippen molar-refractivity contribution in [3.8, 4) is 16.9 Å². The molecule has 0 atom stereocenters. The molecule has 29 heavy (non-hydrogen) atoms. The van der Waals surface area contributed by atoms with Crippen LogP contribution in [-0.2, 0) is 0 Å². The average molecular weight is 406 g/mol. The molecule has 2 aromatic rings. The molecule has 2 aliphatic carbocycles. The van der Waals surface area contributed by atoms with Crippen LogP contribution in [0.2, 0.25) is 0 Å². The van der Waals surface area contributed by atoms with Crippen LogP contribution in [0.1, 0.15) is 62.8 Å². The number of rotatable bonds is 5. The third-order valence-corrected chi connectivity index (χ3v) is 6.76. The van der Waals surface area contributed by atoms with Gasteiger partial charge in [-0.2, -0.15) is 8.78 Å². The number of ether oxygens (including phenoxy) is 1. The van der Waals surface area contributed by atoms with E-state index in [9.17, 15) is 17.6 Å². The lowest BCUT2D eigenvalue weighted by Crippen LogP contribution is -2.19. The van der Waals surface area contributed by atoms with Crippen molar-refractivity contribution in [2.24, 2.45) is 11.8 Å². The van der Waals surface area contributed by atoms with E-state index >= 15 is 0 Å². The van der Waals surface area contributed by atoms with Crippen LogP contribution in [-0.4, -0.2) is 6.61 Å². The van der Waals surface area contributed by atoms with E-state index < -0.39 is 24.0 Å². The molecule has 4 rings (SSSR count). The molecule has 0 amide bonds. The first kappa shape index (κ1) is 20.2. The van der Waals surface area contributed by atoms with Crippen LogP contribution >= 0.6 is 0 Å². The topological polar surface area (TPSA) is 9.23 Å². The van der Waals surface area contributed by atoms with Crippen LogP contribution in [0.5, 0.6) is 5.75 Å². The smallest absolute Gasteiger partial charge is 0.387 e. The van der Waals surface area contributed by atoms with Crippen molar-refractivity contribution >= 4 is 0 Å². The second-order valence-corrected chi connectivity index (χ2v) is 8.43. The Morgan fingerprint density at radius 1 is 0.724 bits per heavy atom. The molecule has 0 aromatic heterocycles. The molecule has 2 fully saturated rings. The Morgan fingerprint density at radius 2 is 1.28 bits per heavy atom. The van der Waals surface area contributed by atoms with Crippen molar-refractivity contribution in [2.75, 3.05) is 0 Å². The van der Waals surface area contributed by atoms with Crippen molar-refractivity contribution in [3.05, 3.63) is 53.6 Å². The van der Waals surface area contributed by atoms with Crippen molar-refractivity contribution in [1.82, 2.24) is 0 Å². The second kappa shape index (κ2) is 8.76. The number of halogens is 4. The minimum Gasteiger partial charge on any atom is -0.429 e. The van der Waals surface area contributed by atoms with Gasteiger partial charge < -0.3 is 4.74 Å². The van der Waals surface area contributed by atoms with Gasteiger partial charge in [-0.05, 0) is 72.3 Å². The van der Waals surface area contributed by atoms with Gasteiger partial charge in [0.15, 0.2) is 17.4 Å². The van der Waals surface area contributed by atoms with Gasteiger partial charge in [-0.25, -0.2) is 8.78 Å². The summed E-state index contributed by atoms with van der Waals surface area (Å²) in [4.78, 5) is 0. The lowest BCUT2D eigenvalue weighted by Gasteiger charge is -2.32. The predicted molar refractivity (Wildman–Crippen MR) is 105 cm³/mol. The molecule has 156 valence electrons. The van der Waals surface area contributed by atoms with Crippen molar-refractivity contribution in [3.63, 3.8) is 0 Å². The molecule has 0 aliphatic heterocycles. The first-order valence-electron chi connectivity index (χ1n) is 10.6. The molecule has 0 saturated heterocycles. The first-order valence-corrected chi connectivity index (χ1v) is 10.6. The highest BCUT2D eigenvalue weighted by atomic mass is 19.3. The van der Waals surface area contributed by atoms with E-state index in [4.69, 9.17) is 0 Å². The Bertz CT molecular complexity index is 796. The van der Waals surface area contributed by atoms with Gasteiger partial charge in [-0.3, -0.25) is 0 Å². The minimum absolute atomic E-state index is 0.304. The lowest BCUT2D eigenvalue weighted by molar-refractivity contribution is -0.0546. The quantitative estimate of drug-likeness (QED) is 0.462. The molecule has 0 N–H and O–H groups in total. The van der Waals surface area contributed by atoms with Gasteiger partial charge in [0.1, 0.15) is 0 Å². The maximum atomic E-state index is 14.0. The number of alkyl halides is 2. The molecule has 2 aliphatic rings. The number of hydrogen-bond donors (Lipinski definition) is 0. The van der Waals surface area contributed by atoms with E-state index in [0.29, 0.717) is 17.0 Å². The Labute approximate surface area is 169 Å². The summed E-state index contributed by atoms with van der Waals surface area (Å²) in [7, 11) is 0. The monoisotopic (exact) mass is 406 g/mol. The van der Waals surface area contributed by atoms with E-state index in [2.05, 4.69) is 4.74 Å². The molecule has 0 heterocycles. The standard InChI is InChI=1S/C24H26F4O/c25-21-13-20(14-22(26)23(21)29-24(27)28)19-11-9-18(10-12-19)17-7-5-16(6-8-17)15-3-1-2-4-15/h9-17,24H,1-8H2. The molecular weight excluding hydrogens is 380 g/mol. The van der Waals surface area contributed by atoms with E-state index in [-0.39, 0.29) is 0 Å². The van der Waals surface area contributed by atoms with Gasteiger partial charge in [-0.1, -0.05) is 49.9 Å². The van der Waals surface area contributed by atoms with Crippen LogP contribution in [0.3, 0.4) is 0 Å². The zero-order valence-corrected chi connectivity index (χ0v) is 16.4. The Balaban J connectivity index is 1.43. The molecule has 1 nitrogen and oxygen atoms in total. The predicted octanol–water partition coefficient (Wildman–Crippen LogP) is 7.70. The van der Waals surface area contributed by atoms with Crippen LogP contribution in [0.15, 0.2) is 36.4 Å². The van der Waals surface area contributed by atoms with Crippen molar-refractivity contribution in [2.45, 2.75) is 63.9 Å². The third kappa shape index (κ3) is 4.59. The summed E-state index contributed by atoms with van der Waals surface area (Å²) in [6, 6.07) is 9.80. The van der Waals surface area contributed by atoms with Crippen molar-refractivity contribution < 1.29 is 22.3 Å².